The van der Waals surface area contributed by atoms with Gasteiger partial charge in [0.1, 0.15) is 5.75 Å². The average Bonchev–Trinajstić information content (AvgIpc) is 2.98. The fourth-order valence-corrected chi connectivity index (χ4v) is 2.85. The highest BCUT2D eigenvalue weighted by Gasteiger charge is 2.16. The molecule has 0 fully saturated rings. The Morgan fingerprint density at radius 3 is 2.69 bits per heavy atom. The summed E-state index contributed by atoms with van der Waals surface area (Å²) in [5.74, 6) is 1.32. The van der Waals surface area contributed by atoms with Crippen molar-refractivity contribution in [1.82, 2.24) is 25.4 Å². The third-order valence-electron chi connectivity index (χ3n) is 3.44. The van der Waals surface area contributed by atoms with Gasteiger partial charge in [0.05, 0.1) is 18.4 Å². The van der Waals surface area contributed by atoms with Crippen LogP contribution in [-0.4, -0.2) is 46.1 Å². The maximum absolute atomic E-state index is 11.9. The molecule has 140 valence electrons. The minimum absolute atomic E-state index is 0.0625. The van der Waals surface area contributed by atoms with Crippen LogP contribution < -0.4 is 15.4 Å². The Morgan fingerprint density at radius 1 is 1.27 bits per heavy atom. The highest BCUT2D eigenvalue weighted by atomic mass is 32.2. The van der Waals surface area contributed by atoms with Crippen molar-refractivity contribution < 1.29 is 14.3 Å². The number of aromatic nitrogens is 3. The monoisotopic (exact) mass is 377 g/mol. The van der Waals surface area contributed by atoms with Crippen LogP contribution >= 0.6 is 11.8 Å². The zero-order valence-electron chi connectivity index (χ0n) is 15.3. The molecule has 0 spiro atoms. The van der Waals surface area contributed by atoms with E-state index < -0.39 is 11.9 Å². The maximum atomic E-state index is 11.9. The van der Waals surface area contributed by atoms with Crippen LogP contribution in [0.5, 0.6) is 5.75 Å². The summed E-state index contributed by atoms with van der Waals surface area (Å²) < 4.78 is 7.14. The van der Waals surface area contributed by atoms with E-state index in [0.29, 0.717) is 29.2 Å². The van der Waals surface area contributed by atoms with Crippen molar-refractivity contribution in [2.75, 3.05) is 19.4 Å². The van der Waals surface area contributed by atoms with E-state index in [1.165, 1.54) is 11.8 Å². The molecule has 8 nitrogen and oxygen atoms in total. The standard InChI is InChI=1S/C17H23N5O3S/c1-11(2)9-18-16(24)19-14(23)10-26-17-21-20-15(22(17)3)12-7-5-6-8-13(12)25-4/h5-8,11H,9-10H2,1-4H3,(H2,18,19,23,24). The summed E-state index contributed by atoms with van der Waals surface area (Å²) in [7, 11) is 3.41. The molecule has 1 heterocycles. The summed E-state index contributed by atoms with van der Waals surface area (Å²) in [6.07, 6.45) is 0. The minimum Gasteiger partial charge on any atom is -0.496 e. The third kappa shape index (κ3) is 5.22. The molecule has 0 aliphatic heterocycles. The summed E-state index contributed by atoms with van der Waals surface area (Å²) in [6.45, 7) is 4.47. The number of nitrogens with one attached hydrogen (secondary N) is 2. The fourth-order valence-electron chi connectivity index (χ4n) is 2.14. The molecule has 26 heavy (non-hydrogen) atoms. The van der Waals surface area contributed by atoms with Crippen LogP contribution in [0.25, 0.3) is 11.4 Å². The molecule has 0 aliphatic rings. The molecule has 9 heteroatoms. The summed E-state index contributed by atoms with van der Waals surface area (Å²) in [6, 6.07) is 7.02. The van der Waals surface area contributed by atoms with Gasteiger partial charge in [-0.2, -0.15) is 0 Å². The molecule has 0 radical (unpaired) electrons. The lowest BCUT2D eigenvalue weighted by atomic mass is 10.2. The number of ether oxygens (including phenoxy) is 1. The quantitative estimate of drug-likeness (QED) is 0.717. The molecule has 2 rings (SSSR count). The second-order valence-electron chi connectivity index (χ2n) is 6.01. The maximum Gasteiger partial charge on any atom is 0.321 e. The Hall–Kier alpha value is -2.55. The number of carbonyl (C=O) groups excluding carboxylic acids is 2. The van der Waals surface area contributed by atoms with Gasteiger partial charge in [-0.3, -0.25) is 10.1 Å². The number of carbonyl (C=O) groups is 2. The summed E-state index contributed by atoms with van der Waals surface area (Å²) in [5.41, 5.74) is 0.814. The van der Waals surface area contributed by atoms with Crippen molar-refractivity contribution in [1.29, 1.82) is 0 Å². The molecule has 0 saturated heterocycles. The molecule has 2 N–H and O–H groups in total. The van der Waals surface area contributed by atoms with Crippen LogP contribution in [0, 0.1) is 5.92 Å². The van der Waals surface area contributed by atoms with E-state index in [1.807, 2.05) is 45.2 Å². The highest BCUT2D eigenvalue weighted by Crippen LogP contribution is 2.29. The largest absolute Gasteiger partial charge is 0.496 e. The molecule has 3 amide bonds. The van der Waals surface area contributed by atoms with Crippen LogP contribution in [0.4, 0.5) is 4.79 Å². The van der Waals surface area contributed by atoms with Crippen LogP contribution in [0.3, 0.4) is 0 Å². The van der Waals surface area contributed by atoms with E-state index in [9.17, 15) is 9.59 Å². The van der Waals surface area contributed by atoms with Gasteiger partial charge >= 0.3 is 6.03 Å². The number of amides is 3. The zero-order valence-corrected chi connectivity index (χ0v) is 16.1. The van der Waals surface area contributed by atoms with Crippen molar-refractivity contribution >= 4 is 23.7 Å². The van der Waals surface area contributed by atoms with Gasteiger partial charge in [-0.1, -0.05) is 37.7 Å². The van der Waals surface area contributed by atoms with E-state index in [2.05, 4.69) is 20.8 Å². The molecule has 1 aromatic carbocycles. The van der Waals surface area contributed by atoms with E-state index >= 15 is 0 Å². The van der Waals surface area contributed by atoms with Crippen molar-refractivity contribution in [3.05, 3.63) is 24.3 Å². The Balaban J connectivity index is 1.96. The number of methoxy groups -OCH3 is 1. The zero-order chi connectivity index (χ0) is 19.1. The number of rotatable bonds is 7. The fraction of sp³-hybridized carbons (Fsp3) is 0.412. The van der Waals surface area contributed by atoms with Gasteiger partial charge in [-0.05, 0) is 18.1 Å². The number of nitrogens with zero attached hydrogens (tertiary/aromatic N) is 3. The van der Waals surface area contributed by atoms with Gasteiger partial charge in [0.2, 0.25) is 5.91 Å². The Labute approximate surface area is 156 Å². The van der Waals surface area contributed by atoms with Gasteiger partial charge in [0.25, 0.3) is 0 Å². The Bertz CT molecular complexity index is 776. The summed E-state index contributed by atoms with van der Waals surface area (Å²) in [5, 5.41) is 13.8. The predicted octanol–water partition coefficient (Wildman–Crippen LogP) is 2.06. The van der Waals surface area contributed by atoms with E-state index in [4.69, 9.17) is 4.74 Å². The van der Waals surface area contributed by atoms with Gasteiger partial charge in [-0.15, -0.1) is 10.2 Å². The first-order chi connectivity index (χ1) is 12.4. The van der Waals surface area contributed by atoms with E-state index in [1.54, 1.807) is 11.7 Å². The molecule has 1 aromatic heterocycles. The molecular formula is C17H23N5O3S. The predicted molar refractivity (Wildman–Crippen MR) is 100 cm³/mol. The average molecular weight is 377 g/mol. The summed E-state index contributed by atoms with van der Waals surface area (Å²) in [4.78, 5) is 23.5. The van der Waals surface area contributed by atoms with Crippen molar-refractivity contribution in [3.8, 4) is 17.1 Å². The first kappa shape index (κ1) is 19.8. The molecule has 0 aliphatic carbocycles. The van der Waals surface area contributed by atoms with Crippen LogP contribution in [-0.2, 0) is 11.8 Å². The third-order valence-corrected chi connectivity index (χ3v) is 4.46. The molecule has 0 unspecified atom stereocenters. The number of imide groups is 1. The van der Waals surface area contributed by atoms with Crippen LogP contribution in [0.1, 0.15) is 13.8 Å². The molecule has 2 aromatic rings. The van der Waals surface area contributed by atoms with Crippen molar-refractivity contribution in [2.24, 2.45) is 13.0 Å². The lowest BCUT2D eigenvalue weighted by Crippen LogP contribution is -2.41. The lowest BCUT2D eigenvalue weighted by molar-refractivity contribution is -0.117. The lowest BCUT2D eigenvalue weighted by Gasteiger charge is -2.09. The number of urea groups is 1. The van der Waals surface area contributed by atoms with Crippen molar-refractivity contribution in [3.63, 3.8) is 0 Å². The smallest absolute Gasteiger partial charge is 0.321 e. The minimum atomic E-state index is -0.489. The van der Waals surface area contributed by atoms with Gasteiger partial charge in [0.15, 0.2) is 11.0 Å². The Morgan fingerprint density at radius 2 is 2.00 bits per heavy atom. The van der Waals surface area contributed by atoms with Gasteiger partial charge < -0.3 is 14.6 Å². The molecule has 0 saturated carbocycles. The van der Waals surface area contributed by atoms with Gasteiger partial charge in [0, 0.05) is 13.6 Å². The number of para-hydroxylation sites is 1. The molecule has 0 atom stereocenters. The number of hydrogen-bond acceptors (Lipinski definition) is 6. The number of thioether (sulfide) groups is 1. The molecular weight excluding hydrogens is 354 g/mol. The van der Waals surface area contributed by atoms with Crippen molar-refractivity contribution in [2.45, 2.75) is 19.0 Å². The number of hydrogen-bond donors (Lipinski definition) is 2. The topological polar surface area (TPSA) is 98.1 Å². The summed E-state index contributed by atoms with van der Waals surface area (Å²) >= 11 is 1.21. The molecule has 0 bridgehead atoms. The van der Waals surface area contributed by atoms with Crippen LogP contribution in [0.2, 0.25) is 0 Å². The van der Waals surface area contributed by atoms with E-state index in [0.717, 1.165) is 5.56 Å². The first-order valence-corrected chi connectivity index (χ1v) is 9.14. The SMILES string of the molecule is COc1ccccc1-c1nnc(SCC(=O)NC(=O)NCC(C)C)n1C. The second-order valence-corrected chi connectivity index (χ2v) is 6.95. The van der Waals surface area contributed by atoms with Crippen LogP contribution in [0.15, 0.2) is 29.4 Å². The van der Waals surface area contributed by atoms with E-state index in [-0.39, 0.29) is 5.75 Å². The first-order valence-electron chi connectivity index (χ1n) is 8.15. The van der Waals surface area contributed by atoms with Gasteiger partial charge in [-0.25, -0.2) is 4.79 Å². The normalized spacial score (nSPS) is 10.7. The number of benzene rings is 1. The Kier molecular flexibility index (Phi) is 7.02. The second kappa shape index (κ2) is 9.23. The highest BCUT2D eigenvalue weighted by molar-refractivity contribution is 7.99.